The largest absolute Gasteiger partial charge is 2.00 e. The van der Waals surface area contributed by atoms with Crippen LogP contribution in [-0.4, -0.2) is 20.3 Å². The van der Waals surface area contributed by atoms with Crippen LogP contribution < -0.4 is 24.8 Å². The molecule has 0 bridgehead atoms. The molecule has 3 N–H and O–H groups in total. The van der Waals surface area contributed by atoms with E-state index >= 15 is 0 Å². The van der Waals surface area contributed by atoms with Crippen LogP contribution in [0.1, 0.15) is 16.8 Å². The topological polar surface area (TPSA) is 73.6 Å². The molecule has 1 rings (SSSR count). The quantitative estimate of drug-likeness (QED) is 0.476. The summed E-state index contributed by atoms with van der Waals surface area (Å²) in [6.07, 6.45) is 1.45. The van der Waals surface area contributed by atoms with Gasteiger partial charge in [0.1, 0.15) is 5.75 Å². The Morgan fingerprint density at radius 2 is 1.73 bits per heavy atom. The smallest absolute Gasteiger partial charge is 1.00 e. The van der Waals surface area contributed by atoms with E-state index in [1.54, 1.807) is 6.92 Å². The number of halogens is 2. The molecule has 0 fully saturated rings. The summed E-state index contributed by atoms with van der Waals surface area (Å²) >= 11 is 0. The van der Waals surface area contributed by atoms with E-state index in [0.717, 1.165) is 0 Å². The molecule has 7 heteroatoms. The van der Waals surface area contributed by atoms with Crippen LogP contribution in [-0.2, 0) is 30.3 Å². The van der Waals surface area contributed by atoms with Gasteiger partial charge < -0.3 is 40.1 Å². The number of pyridine rings is 1. The molecular formula is C8H11Cl2CuNO3. The third-order valence-corrected chi connectivity index (χ3v) is 1.76. The van der Waals surface area contributed by atoms with E-state index in [-0.39, 0.29) is 60.8 Å². The molecule has 15 heavy (non-hydrogen) atoms. The molecule has 0 amide bonds. The fourth-order valence-corrected chi connectivity index (χ4v) is 0.997. The first-order valence-corrected chi connectivity index (χ1v) is 3.58. The maximum absolute atomic E-state index is 9.38. The van der Waals surface area contributed by atoms with E-state index < -0.39 is 0 Å². The van der Waals surface area contributed by atoms with Crippen molar-refractivity contribution in [2.45, 2.75) is 20.1 Å². The number of aliphatic hydroxyl groups is 2. The van der Waals surface area contributed by atoms with Crippen molar-refractivity contribution in [1.29, 1.82) is 0 Å². The van der Waals surface area contributed by atoms with E-state index in [0.29, 0.717) is 16.8 Å². The zero-order valence-corrected chi connectivity index (χ0v) is 10.3. The second-order valence-corrected chi connectivity index (χ2v) is 2.51. The van der Waals surface area contributed by atoms with Gasteiger partial charge in [0.15, 0.2) is 0 Å². The third-order valence-electron chi connectivity index (χ3n) is 1.76. The van der Waals surface area contributed by atoms with Crippen molar-refractivity contribution in [1.82, 2.24) is 4.98 Å². The van der Waals surface area contributed by atoms with E-state index in [1.807, 2.05) is 0 Å². The molecule has 1 aromatic heterocycles. The molecule has 0 saturated heterocycles. The maximum atomic E-state index is 9.38. The molecule has 0 spiro atoms. The Labute approximate surface area is 111 Å². The average Bonchev–Trinajstić information content (AvgIpc) is 2.09. The summed E-state index contributed by atoms with van der Waals surface area (Å²) in [5, 5.41) is 27.0. The number of aryl methyl sites for hydroxylation is 1. The minimum absolute atomic E-state index is 0. The van der Waals surface area contributed by atoms with Crippen molar-refractivity contribution in [3.8, 4) is 5.75 Å². The van der Waals surface area contributed by atoms with Gasteiger partial charge in [0.2, 0.25) is 0 Å². The molecule has 1 aromatic rings. The molecule has 91 valence electrons. The summed E-state index contributed by atoms with van der Waals surface area (Å²) in [6.45, 7) is 1.12. The van der Waals surface area contributed by atoms with Crippen LogP contribution >= 0.6 is 0 Å². The SMILES string of the molecule is Cc1ncc(CO)c(CO)c1O.[Cl-].[Cl-].[Cu+2]. The van der Waals surface area contributed by atoms with Gasteiger partial charge in [0.25, 0.3) is 0 Å². The Balaban J connectivity index is -0.000000480. The van der Waals surface area contributed by atoms with Gasteiger partial charge in [-0.15, -0.1) is 0 Å². The minimum Gasteiger partial charge on any atom is -1.00 e. The van der Waals surface area contributed by atoms with Crippen LogP contribution in [0.25, 0.3) is 0 Å². The first-order valence-electron chi connectivity index (χ1n) is 3.58. The number of aliphatic hydroxyl groups excluding tert-OH is 2. The molecule has 0 unspecified atom stereocenters. The Kier molecular flexibility index (Phi) is 12.5. The van der Waals surface area contributed by atoms with Gasteiger partial charge in [0, 0.05) is 17.3 Å². The van der Waals surface area contributed by atoms with Crippen LogP contribution in [0.15, 0.2) is 6.20 Å². The van der Waals surface area contributed by atoms with Crippen LogP contribution in [0.4, 0.5) is 0 Å². The molecule has 0 saturated carbocycles. The van der Waals surface area contributed by atoms with Gasteiger partial charge in [-0.25, -0.2) is 0 Å². The van der Waals surface area contributed by atoms with Crippen molar-refractivity contribution in [3.63, 3.8) is 0 Å². The molecule has 1 radical (unpaired) electrons. The fraction of sp³-hybridized carbons (Fsp3) is 0.375. The summed E-state index contributed by atoms with van der Waals surface area (Å²) in [7, 11) is 0. The third kappa shape index (κ3) is 4.55. The van der Waals surface area contributed by atoms with Crippen LogP contribution in [0.5, 0.6) is 5.75 Å². The second-order valence-electron chi connectivity index (χ2n) is 2.51. The van der Waals surface area contributed by atoms with E-state index in [1.165, 1.54) is 6.20 Å². The zero-order chi connectivity index (χ0) is 9.14. The van der Waals surface area contributed by atoms with Crippen LogP contribution in [0, 0.1) is 6.92 Å². The maximum Gasteiger partial charge on any atom is 2.00 e. The summed E-state index contributed by atoms with van der Waals surface area (Å²) in [5.74, 6) is -0.0379. The van der Waals surface area contributed by atoms with Gasteiger partial charge >= 0.3 is 17.1 Å². The van der Waals surface area contributed by atoms with E-state index in [4.69, 9.17) is 10.2 Å². The molecule has 1 heterocycles. The van der Waals surface area contributed by atoms with Crippen molar-refractivity contribution in [3.05, 3.63) is 23.0 Å². The van der Waals surface area contributed by atoms with Crippen molar-refractivity contribution in [2.75, 3.05) is 0 Å². The monoisotopic (exact) mass is 302 g/mol. The Morgan fingerprint density at radius 3 is 2.13 bits per heavy atom. The van der Waals surface area contributed by atoms with Crippen LogP contribution in [0.2, 0.25) is 0 Å². The fourth-order valence-electron chi connectivity index (χ4n) is 0.997. The molecule has 0 aliphatic carbocycles. The number of hydrogen-bond donors (Lipinski definition) is 3. The van der Waals surface area contributed by atoms with Gasteiger partial charge in [-0.1, -0.05) is 0 Å². The Hall–Kier alpha value is -0.0305. The molecule has 4 nitrogen and oxygen atoms in total. The summed E-state index contributed by atoms with van der Waals surface area (Å²) in [6, 6.07) is 0. The van der Waals surface area contributed by atoms with E-state index in [2.05, 4.69) is 4.98 Å². The average molecular weight is 304 g/mol. The van der Waals surface area contributed by atoms with Gasteiger partial charge in [-0.3, -0.25) is 4.98 Å². The second kappa shape index (κ2) is 9.21. The van der Waals surface area contributed by atoms with Crippen LogP contribution in [0.3, 0.4) is 0 Å². The molecule has 0 aromatic carbocycles. The number of rotatable bonds is 2. The molecule has 0 aliphatic rings. The Bertz CT molecular complexity index is 299. The van der Waals surface area contributed by atoms with Gasteiger partial charge in [-0.05, 0) is 6.92 Å². The first kappa shape index (κ1) is 20.4. The standard InChI is InChI=1S/C8H11NO3.2ClH.Cu/c1-5-8(12)7(4-11)6(3-10)2-9-5;;;/h2,10-12H,3-4H2,1H3;2*1H;/q;;;+2/p-2. The van der Waals surface area contributed by atoms with Gasteiger partial charge in [-0.2, -0.15) is 0 Å². The number of aromatic hydroxyl groups is 1. The van der Waals surface area contributed by atoms with E-state index in [9.17, 15) is 5.11 Å². The molecular weight excluding hydrogens is 293 g/mol. The predicted molar refractivity (Wildman–Crippen MR) is 42.5 cm³/mol. The van der Waals surface area contributed by atoms with Crippen molar-refractivity contribution >= 4 is 0 Å². The minimum atomic E-state index is -0.287. The Morgan fingerprint density at radius 1 is 1.20 bits per heavy atom. The predicted octanol–water partition coefficient (Wildman–Crippen LogP) is -5.91. The normalized spacial score (nSPS) is 8.20. The number of nitrogens with zero attached hydrogens (tertiary/aromatic N) is 1. The molecule has 0 aliphatic heterocycles. The number of aromatic nitrogens is 1. The first-order chi connectivity index (χ1) is 5.70. The summed E-state index contributed by atoms with van der Waals surface area (Å²) in [4.78, 5) is 3.84. The molecule has 0 atom stereocenters. The van der Waals surface area contributed by atoms with Gasteiger partial charge in [0.05, 0.1) is 18.9 Å². The summed E-state index contributed by atoms with van der Waals surface area (Å²) in [5.41, 5.74) is 1.27. The van der Waals surface area contributed by atoms with Crippen molar-refractivity contribution in [2.24, 2.45) is 0 Å². The zero-order valence-electron chi connectivity index (χ0n) is 7.84. The number of hydrogen-bond acceptors (Lipinski definition) is 4. The summed E-state index contributed by atoms with van der Waals surface area (Å²) < 4.78 is 0. The van der Waals surface area contributed by atoms with Crippen molar-refractivity contribution < 1.29 is 57.2 Å².